The van der Waals surface area contributed by atoms with Crippen molar-refractivity contribution in [3.05, 3.63) is 25.4 Å². The number of hydrogen-bond donors (Lipinski definition) is 0. The van der Waals surface area contributed by atoms with Gasteiger partial charge in [-0.2, -0.15) is 0 Å². The molecule has 0 aliphatic rings. The molecule has 0 saturated heterocycles. The van der Waals surface area contributed by atoms with Crippen LogP contribution in [0.2, 0.25) is 0 Å². The first kappa shape index (κ1) is 17.2. The predicted octanol–water partition coefficient (Wildman–Crippen LogP) is 5.92. The molecule has 0 N–H and O–H groups in total. The number of hydrogen-bond acceptors (Lipinski definition) is 1. The van der Waals surface area contributed by atoms with Crippen LogP contribution in [0.25, 0.3) is 0 Å². The first-order valence-corrected chi connectivity index (χ1v) is 7.46. The SMILES string of the molecule is C=CN=C(C=C)C(C)(CCCC)CCCCCC. The van der Waals surface area contributed by atoms with Crippen LogP contribution in [0.3, 0.4) is 0 Å². The monoisotopic (exact) mass is 249 g/mol. The molecule has 1 nitrogen and oxygen atoms in total. The lowest BCUT2D eigenvalue weighted by Crippen LogP contribution is -2.26. The van der Waals surface area contributed by atoms with Gasteiger partial charge in [-0.05, 0) is 18.9 Å². The van der Waals surface area contributed by atoms with Gasteiger partial charge in [0.05, 0.1) is 0 Å². The minimum atomic E-state index is 0.180. The molecule has 1 unspecified atom stereocenters. The van der Waals surface area contributed by atoms with Crippen molar-refractivity contribution >= 4 is 5.71 Å². The largest absolute Gasteiger partial charge is 0.261 e. The third-order valence-electron chi connectivity index (χ3n) is 3.71. The van der Waals surface area contributed by atoms with E-state index in [-0.39, 0.29) is 5.41 Å². The third kappa shape index (κ3) is 6.18. The summed E-state index contributed by atoms with van der Waals surface area (Å²) in [4.78, 5) is 4.43. The maximum absolute atomic E-state index is 4.43. The highest BCUT2D eigenvalue weighted by molar-refractivity contribution is 5.99. The van der Waals surface area contributed by atoms with Gasteiger partial charge >= 0.3 is 0 Å². The van der Waals surface area contributed by atoms with Crippen LogP contribution < -0.4 is 0 Å². The van der Waals surface area contributed by atoms with Crippen molar-refractivity contribution in [3.63, 3.8) is 0 Å². The maximum Gasteiger partial charge on any atom is 0.0456 e. The van der Waals surface area contributed by atoms with Gasteiger partial charge in [0.1, 0.15) is 0 Å². The van der Waals surface area contributed by atoms with E-state index >= 15 is 0 Å². The Morgan fingerprint density at radius 2 is 1.61 bits per heavy atom. The highest BCUT2D eigenvalue weighted by Crippen LogP contribution is 2.33. The van der Waals surface area contributed by atoms with Gasteiger partial charge in [-0.3, -0.25) is 4.99 Å². The van der Waals surface area contributed by atoms with E-state index in [2.05, 4.69) is 38.9 Å². The van der Waals surface area contributed by atoms with Crippen LogP contribution in [0, 0.1) is 5.41 Å². The highest BCUT2D eigenvalue weighted by atomic mass is 14.7. The van der Waals surface area contributed by atoms with Crippen LogP contribution in [0.15, 0.2) is 30.4 Å². The second-order valence-corrected chi connectivity index (χ2v) is 5.38. The van der Waals surface area contributed by atoms with E-state index in [4.69, 9.17) is 0 Å². The minimum Gasteiger partial charge on any atom is -0.261 e. The van der Waals surface area contributed by atoms with Crippen LogP contribution in [0.5, 0.6) is 0 Å². The molecule has 0 rings (SSSR count). The van der Waals surface area contributed by atoms with E-state index in [0.29, 0.717) is 0 Å². The van der Waals surface area contributed by atoms with Crippen molar-refractivity contribution in [1.29, 1.82) is 0 Å². The second kappa shape index (κ2) is 10.1. The Morgan fingerprint density at radius 3 is 2.11 bits per heavy atom. The van der Waals surface area contributed by atoms with E-state index in [9.17, 15) is 0 Å². The van der Waals surface area contributed by atoms with Gasteiger partial charge in [0.2, 0.25) is 0 Å². The van der Waals surface area contributed by atoms with E-state index < -0.39 is 0 Å². The molecule has 0 aromatic rings. The fourth-order valence-electron chi connectivity index (χ4n) is 2.44. The van der Waals surface area contributed by atoms with Crippen LogP contribution in [-0.4, -0.2) is 5.71 Å². The summed E-state index contributed by atoms with van der Waals surface area (Å²) in [5.41, 5.74) is 1.29. The van der Waals surface area contributed by atoms with Gasteiger partial charge < -0.3 is 0 Å². The van der Waals surface area contributed by atoms with Crippen LogP contribution in [0.1, 0.15) is 72.1 Å². The van der Waals surface area contributed by atoms with Crippen molar-refractivity contribution in [2.24, 2.45) is 10.4 Å². The quantitative estimate of drug-likeness (QED) is 0.318. The van der Waals surface area contributed by atoms with E-state index in [1.807, 2.05) is 6.08 Å². The third-order valence-corrected chi connectivity index (χ3v) is 3.71. The summed E-state index contributed by atoms with van der Waals surface area (Å²) >= 11 is 0. The fraction of sp³-hybridized carbons (Fsp3) is 0.706. The topological polar surface area (TPSA) is 12.4 Å². The molecule has 1 atom stereocenters. The molecular weight excluding hydrogens is 218 g/mol. The normalized spacial score (nSPS) is 15.2. The predicted molar refractivity (Wildman–Crippen MR) is 84.2 cm³/mol. The molecule has 0 aromatic heterocycles. The Morgan fingerprint density at radius 1 is 1.00 bits per heavy atom. The Kier molecular flexibility index (Phi) is 9.63. The molecule has 0 aromatic carbocycles. The molecule has 18 heavy (non-hydrogen) atoms. The van der Waals surface area contributed by atoms with Gasteiger partial charge in [-0.25, -0.2) is 0 Å². The number of rotatable bonds is 11. The lowest BCUT2D eigenvalue weighted by molar-refractivity contribution is 0.364. The Labute approximate surface area is 114 Å². The minimum absolute atomic E-state index is 0.180. The molecule has 0 saturated carbocycles. The van der Waals surface area contributed by atoms with E-state index in [1.54, 1.807) is 6.20 Å². The molecule has 0 radical (unpaired) electrons. The number of nitrogens with zero attached hydrogens (tertiary/aromatic N) is 1. The first-order chi connectivity index (χ1) is 8.64. The molecular formula is C17H31N. The first-order valence-electron chi connectivity index (χ1n) is 7.46. The Balaban J connectivity index is 4.63. The summed E-state index contributed by atoms with van der Waals surface area (Å²) in [6.45, 7) is 14.5. The molecule has 0 heterocycles. The lowest BCUT2D eigenvalue weighted by atomic mass is 9.75. The molecule has 1 heteroatoms. The Bertz CT molecular complexity index is 265. The zero-order valence-electron chi connectivity index (χ0n) is 12.7. The summed E-state index contributed by atoms with van der Waals surface area (Å²) in [7, 11) is 0. The van der Waals surface area contributed by atoms with Crippen LogP contribution >= 0.6 is 0 Å². The number of allylic oxidation sites excluding steroid dienone is 1. The summed E-state index contributed by atoms with van der Waals surface area (Å²) in [5.74, 6) is 0. The molecule has 0 bridgehead atoms. The fourth-order valence-corrected chi connectivity index (χ4v) is 2.44. The van der Waals surface area contributed by atoms with Crippen molar-refractivity contribution in [2.75, 3.05) is 0 Å². The van der Waals surface area contributed by atoms with E-state index in [1.165, 1.54) is 51.4 Å². The van der Waals surface area contributed by atoms with Crippen LogP contribution in [-0.2, 0) is 0 Å². The van der Waals surface area contributed by atoms with Crippen molar-refractivity contribution in [2.45, 2.75) is 72.1 Å². The van der Waals surface area contributed by atoms with Crippen LogP contribution in [0.4, 0.5) is 0 Å². The molecule has 0 aliphatic carbocycles. The smallest absolute Gasteiger partial charge is 0.0456 e. The molecule has 0 aliphatic heterocycles. The standard InChI is InChI=1S/C17H31N/c1-6-10-12-13-15-17(5,14-11-7-2)16(8-3)18-9-4/h8-9H,3-4,6-7,10-15H2,1-2,5H3. The zero-order valence-corrected chi connectivity index (χ0v) is 12.7. The lowest BCUT2D eigenvalue weighted by Gasteiger charge is -2.30. The number of unbranched alkanes of at least 4 members (excludes halogenated alkanes) is 4. The average Bonchev–Trinajstić information content (AvgIpc) is 2.38. The zero-order chi connectivity index (χ0) is 13.9. The maximum atomic E-state index is 4.43. The molecule has 0 fully saturated rings. The molecule has 0 spiro atoms. The van der Waals surface area contributed by atoms with Crippen molar-refractivity contribution < 1.29 is 0 Å². The van der Waals surface area contributed by atoms with Crippen molar-refractivity contribution in [1.82, 2.24) is 0 Å². The molecule has 0 amide bonds. The average molecular weight is 249 g/mol. The van der Waals surface area contributed by atoms with Gasteiger partial charge in [0.25, 0.3) is 0 Å². The van der Waals surface area contributed by atoms with E-state index in [0.717, 1.165) is 5.71 Å². The second-order valence-electron chi connectivity index (χ2n) is 5.38. The van der Waals surface area contributed by atoms with Gasteiger partial charge in [0, 0.05) is 17.3 Å². The highest BCUT2D eigenvalue weighted by Gasteiger charge is 2.27. The summed E-state index contributed by atoms with van der Waals surface area (Å²) < 4.78 is 0. The Hall–Kier alpha value is -0.850. The summed E-state index contributed by atoms with van der Waals surface area (Å²) in [5, 5.41) is 0. The summed E-state index contributed by atoms with van der Waals surface area (Å²) in [6.07, 6.45) is 13.7. The van der Waals surface area contributed by atoms with Gasteiger partial charge in [-0.1, -0.05) is 72.5 Å². The van der Waals surface area contributed by atoms with Gasteiger partial charge in [-0.15, -0.1) is 0 Å². The van der Waals surface area contributed by atoms with Gasteiger partial charge in [0.15, 0.2) is 0 Å². The van der Waals surface area contributed by atoms with Crippen molar-refractivity contribution in [3.8, 4) is 0 Å². The number of aliphatic imine (C=N–C) groups is 1. The summed E-state index contributed by atoms with van der Waals surface area (Å²) in [6, 6.07) is 0. The molecule has 104 valence electrons.